The number of hydrogen-bond acceptors (Lipinski definition) is 6. The molecular formula is C17H20N4O4. The maximum Gasteiger partial charge on any atom is 0.269 e. The smallest absolute Gasteiger partial charge is 0.269 e. The van der Waals surface area contributed by atoms with E-state index in [0.717, 1.165) is 19.3 Å². The van der Waals surface area contributed by atoms with E-state index in [2.05, 4.69) is 15.5 Å². The highest BCUT2D eigenvalue weighted by Crippen LogP contribution is 2.30. The van der Waals surface area contributed by atoms with Gasteiger partial charge in [0, 0.05) is 18.8 Å². The van der Waals surface area contributed by atoms with Crippen LogP contribution in [0.1, 0.15) is 29.6 Å². The maximum atomic E-state index is 12.8. The van der Waals surface area contributed by atoms with Crippen molar-refractivity contribution in [3.05, 3.63) is 24.0 Å². The van der Waals surface area contributed by atoms with Crippen LogP contribution in [0.2, 0.25) is 0 Å². The number of likely N-dealkylation sites (tertiary alicyclic amines) is 1. The Bertz CT molecular complexity index is 731. The Kier molecular flexibility index (Phi) is 4.03. The molecule has 8 heteroatoms. The molecule has 4 rings (SSSR count). The Morgan fingerprint density at radius 3 is 2.92 bits per heavy atom. The van der Waals surface area contributed by atoms with Crippen molar-refractivity contribution in [3.63, 3.8) is 0 Å². The van der Waals surface area contributed by atoms with E-state index in [1.807, 2.05) is 0 Å². The monoisotopic (exact) mass is 344 g/mol. The number of carbonyl (C=O) groups excluding carboxylic acids is 2. The minimum atomic E-state index is -0.265. The van der Waals surface area contributed by atoms with Crippen molar-refractivity contribution < 1.29 is 19.2 Å². The van der Waals surface area contributed by atoms with Gasteiger partial charge in [-0.05, 0) is 25.3 Å². The minimum absolute atomic E-state index is 0.156. The number of ether oxygens (including phenoxy) is 1. The molecule has 2 amide bonds. The van der Waals surface area contributed by atoms with Crippen LogP contribution in [0.15, 0.2) is 23.6 Å². The molecule has 3 heterocycles. The van der Waals surface area contributed by atoms with E-state index < -0.39 is 0 Å². The second kappa shape index (κ2) is 6.34. The molecule has 25 heavy (non-hydrogen) atoms. The molecule has 3 aliphatic rings. The first-order valence-electron chi connectivity index (χ1n) is 8.49. The molecule has 0 unspecified atom stereocenters. The number of rotatable bonds is 4. The van der Waals surface area contributed by atoms with Gasteiger partial charge >= 0.3 is 0 Å². The molecule has 0 spiro atoms. The van der Waals surface area contributed by atoms with Gasteiger partial charge in [0.05, 0.1) is 31.3 Å². The Morgan fingerprint density at radius 2 is 2.20 bits per heavy atom. The molecule has 2 atom stereocenters. The lowest BCUT2D eigenvalue weighted by Gasteiger charge is -2.26. The summed E-state index contributed by atoms with van der Waals surface area (Å²) in [4.78, 5) is 36.2. The first-order valence-corrected chi connectivity index (χ1v) is 8.49. The number of fused-ring (bicyclic) bond motifs is 1. The number of amides is 2. The van der Waals surface area contributed by atoms with Crippen LogP contribution in [0.3, 0.4) is 0 Å². The molecule has 0 bridgehead atoms. The third kappa shape index (κ3) is 2.81. The summed E-state index contributed by atoms with van der Waals surface area (Å²) in [6, 6.07) is 1.88. The average molecular weight is 344 g/mol. The van der Waals surface area contributed by atoms with Crippen molar-refractivity contribution >= 4 is 17.5 Å². The van der Waals surface area contributed by atoms with Crippen LogP contribution in [0.5, 0.6) is 5.75 Å². The molecule has 1 N–H and O–H groups in total. The zero-order valence-corrected chi connectivity index (χ0v) is 14.0. The van der Waals surface area contributed by atoms with Crippen LogP contribution in [0.4, 0.5) is 0 Å². The highest BCUT2D eigenvalue weighted by atomic mass is 16.6. The Hall–Kier alpha value is -2.64. The lowest BCUT2D eigenvalue weighted by Crippen LogP contribution is -2.45. The summed E-state index contributed by atoms with van der Waals surface area (Å²) in [7, 11) is 1.51. The number of nitrogens with zero attached hydrogens (tertiary/aromatic N) is 3. The van der Waals surface area contributed by atoms with Crippen LogP contribution in [-0.4, -0.2) is 59.8 Å². The molecule has 132 valence electrons. The van der Waals surface area contributed by atoms with E-state index in [4.69, 9.17) is 9.57 Å². The molecule has 2 fully saturated rings. The molecule has 0 aromatic carbocycles. The topological polar surface area (TPSA) is 93.1 Å². The average Bonchev–Trinajstić information content (AvgIpc) is 3.17. The van der Waals surface area contributed by atoms with Gasteiger partial charge in [-0.3, -0.25) is 14.6 Å². The van der Waals surface area contributed by atoms with E-state index in [1.54, 1.807) is 17.2 Å². The maximum absolute atomic E-state index is 12.8. The molecular weight excluding hydrogens is 324 g/mol. The molecule has 1 aliphatic carbocycles. The summed E-state index contributed by atoms with van der Waals surface area (Å²) in [6.07, 6.45) is 5.98. The predicted octanol–water partition coefficient (Wildman–Crippen LogP) is 0.586. The predicted molar refractivity (Wildman–Crippen MR) is 88.3 cm³/mol. The molecule has 1 saturated heterocycles. The van der Waals surface area contributed by atoms with Gasteiger partial charge in [-0.2, -0.15) is 0 Å². The lowest BCUT2D eigenvalue weighted by atomic mass is 9.92. The van der Waals surface area contributed by atoms with E-state index in [0.29, 0.717) is 30.1 Å². The summed E-state index contributed by atoms with van der Waals surface area (Å²) in [5.41, 5.74) is 0.851. The molecule has 1 aromatic rings. The minimum Gasteiger partial charge on any atom is -0.494 e. The van der Waals surface area contributed by atoms with Crippen molar-refractivity contribution in [2.24, 2.45) is 11.1 Å². The van der Waals surface area contributed by atoms with Crippen LogP contribution < -0.4 is 10.1 Å². The number of nitrogens with one attached hydrogen (secondary N) is 1. The first-order chi connectivity index (χ1) is 12.2. The largest absolute Gasteiger partial charge is 0.494 e. The Labute approximate surface area is 145 Å². The molecule has 1 saturated carbocycles. The molecule has 1 aromatic heterocycles. The summed E-state index contributed by atoms with van der Waals surface area (Å²) in [5.74, 6) is -0.0806. The van der Waals surface area contributed by atoms with Gasteiger partial charge in [-0.1, -0.05) is 5.16 Å². The number of oxime groups is 1. The van der Waals surface area contributed by atoms with Gasteiger partial charge in [0.25, 0.3) is 11.8 Å². The number of hydrogen-bond donors (Lipinski definition) is 1. The summed E-state index contributed by atoms with van der Waals surface area (Å²) >= 11 is 0. The van der Waals surface area contributed by atoms with E-state index in [-0.39, 0.29) is 29.9 Å². The zero-order valence-electron chi connectivity index (χ0n) is 14.0. The van der Waals surface area contributed by atoms with Gasteiger partial charge in [-0.25, -0.2) is 0 Å². The third-order valence-electron chi connectivity index (χ3n) is 5.10. The number of carbonyl (C=O) groups is 2. The summed E-state index contributed by atoms with van der Waals surface area (Å²) in [5, 5.41) is 6.95. The highest BCUT2D eigenvalue weighted by Gasteiger charge is 2.47. The van der Waals surface area contributed by atoms with Crippen molar-refractivity contribution in [3.8, 4) is 5.75 Å². The fraction of sp³-hybridized carbons (Fsp3) is 0.529. The second-order valence-corrected chi connectivity index (χ2v) is 6.61. The number of aromatic nitrogens is 1. The molecule has 8 nitrogen and oxygen atoms in total. The number of pyridine rings is 1. The molecule has 0 radical (unpaired) electrons. The van der Waals surface area contributed by atoms with Gasteiger partial charge in [0.1, 0.15) is 5.75 Å². The number of methoxy groups -OCH3 is 1. The van der Waals surface area contributed by atoms with Crippen LogP contribution in [0, 0.1) is 5.92 Å². The van der Waals surface area contributed by atoms with Crippen LogP contribution >= 0.6 is 0 Å². The van der Waals surface area contributed by atoms with E-state index in [9.17, 15) is 9.59 Å². The van der Waals surface area contributed by atoms with Crippen molar-refractivity contribution in [1.82, 2.24) is 15.2 Å². The standard InChI is InChI=1S/C17H20N4O4/c1-24-13-7-18-6-5-11(13)17(23)21-8-12-14(9-21)25-20-15(12)16(22)19-10-3-2-4-10/h5-7,10,12,14H,2-4,8-9H2,1H3,(H,19,22)/t12-,14+/m0/s1. The van der Waals surface area contributed by atoms with E-state index >= 15 is 0 Å². The fourth-order valence-electron chi connectivity index (χ4n) is 3.41. The highest BCUT2D eigenvalue weighted by molar-refractivity contribution is 6.40. The summed E-state index contributed by atoms with van der Waals surface area (Å²) < 4.78 is 5.21. The van der Waals surface area contributed by atoms with Crippen molar-refractivity contribution in [2.45, 2.75) is 31.4 Å². The Morgan fingerprint density at radius 1 is 1.36 bits per heavy atom. The van der Waals surface area contributed by atoms with Gasteiger partial charge in [0.2, 0.25) is 0 Å². The zero-order chi connectivity index (χ0) is 17.4. The van der Waals surface area contributed by atoms with Crippen molar-refractivity contribution in [1.29, 1.82) is 0 Å². The lowest BCUT2D eigenvalue weighted by molar-refractivity contribution is -0.116. The normalized spacial score (nSPS) is 24.8. The van der Waals surface area contributed by atoms with Crippen LogP contribution in [0.25, 0.3) is 0 Å². The first kappa shape index (κ1) is 15.9. The fourth-order valence-corrected chi connectivity index (χ4v) is 3.41. The quantitative estimate of drug-likeness (QED) is 0.863. The Balaban J connectivity index is 1.45. The molecule has 2 aliphatic heterocycles. The summed E-state index contributed by atoms with van der Waals surface area (Å²) in [6.45, 7) is 0.810. The van der Waals surface area contributed by atoms with Gasteiger partial charge < -0.3 is 19.8 Å². The SMILES string of the molecule is COc1cnccc1C(=O)N1C[C@@H]2C(C(=O)NC3CCC3)=NO[C@@H]2C1. The van der Waals surface area contributed by atoms with Gasteiger partial charge in [0.15, 0.2) is 11.8 Å². The second-order valence-electron chi connectivity index (χ2n) is 6.61. The van der Waals surface area contributed by atoms with Gasteiger partial charge in [-0.15, -0.1) is 0 Å². The third-order valence-corrected chi connectivity index (χ3v) is 5.10. The van der Waals surface area contributed by atoms with E-state index in [1.165, 1.54) is 13.3 Å². The van der Waals surface area contributed by atoms with Crippen molar-refractivity contribution in [2.75, 3.05) is 20.2 Å². The van der Waals surface area contributed by atoms with Crippen LogP contribution in [-0.2, 0) is 9.63 Å².